The van der Waals surface area contributed by atoms with E-state index < -0.39 is 0 Å². The van der Waals surface area contributed by atoms with Gasteiger partial charge in [-0.1, -0.05) is 0 Å². The molecule has 94 valence electrons. The number of carbonyl (C=O) groups excluding carboxylic acids is 1. The van der Waals surface area contributed by atoms with Gasteiger partial charge in [0, 0.05) is 0 Å². The number of thiazole rings is 1. The van der Waals surface area contributed by atoms with Crippen LogP contribution in [0.15, 0.2) is 54.6 Å². The van der Waals surface area contributed by atoms with Crippen LogP contribution in [0, 0.1) is 0 Å². The summed E-state index contributed by atoms with van der Waals surface area (Å²) in [6, 6.07) is 17.6. The van der Waals surface area contributed by atoms with E-state index in [0.717, 1.165) is 15.0 Å². The second-order valence-electron chi connectivity index (χ2n) is 4.03. The Bertz CT molecular complexity index is 675. The van der Waals surface area contributed by atoms with Crippen molar-refractivity contribution in [2.24, 2.45) is 0 Å². The molecule has 0 bridgehead atoms. The number of rotatable bonds is 4. The molecule has 0 aliphatic rings. The van der Waals surface area contributed by atoms with Gasteiger partial charge in [-0.05, 0) is 0 Å². The number of nitrogens with zero attached hydrogens (tertiary/aromatic N) is 1. The molecule has 0 saturated carbocycles. The third-order valence-corrected chi connectivity index (χ3v) is 6.23. The summed E-state index contributed by atoms with van der Waals surface area (Å²) in [5.41, 5.74) is 1.84. The minimum absolute atomic E-state index is 0.122. The Labute approximate surface area is 121 Å². The Kier molecular flexibility index (Phi) is 3.74. The molecule has 3 rings (SSSR count). The van der Waals surface area contributed by atoms with Gasteiger partial charge >= 0.3 is 121 Å². The summed E-state index contributed by atoms with van der Waals surface area (Å²) in [4.78, 5) is 16.6. The number of aromatic nitrogens is 1. The average Bonchev–Trinajstić information content (AvgIpc) is 2.88. The molecule has 2 aromatic carbocycles. The molecule has 0 radical (unpaired) electrons. The number of hydrogen-bond donors (Lipinski definition) is 0. The van der Waals surface area contributed by atoms with E-state index in [1.807, 2.05) is 48.5 Å². The van der Waals surface area contributed by atoms with E-state index in [-0.39, 0.29) is 20.7 Å². The molecule has 3 aromatic rings. The van der Waals surface area contributed by atoms with Gasteiger partial charge in [-0.2, -0.15) is 0 Å². The SMILES string of the molecule is O=C(C[Se]c1nc2ccccc2s1)c1ccccc1. The van der Waals surface area contributed by atoms with Crippen molar-refractivity contribution >= 4 is 46.2 Å². The van der Waals surface area contributed by atoms with Crippen molar-refractivity contribution in [3.8, 4) is 0 Å². The van der Waals surface area contributed by atoms with E-state index in [2.05, 4.69) is 11.1 Å². The van der Waals surface area contributed by atoms with Crippen LogP contribution in [0.25, 0.3) is 10.2 Å². The van der Waals surface area contributed by atoms with Gasteiger partial charge in [0.25, 0.3) is 0 Å². The van der Waals surface area contributed by atoms with Crippen molar-refractivity contribution in [3.63, 3.8) is 0 Å². The van der Waals surface area contributed by atoms with E-state index in [1.165, 1.54) is 4.70 Å². The molecule has 0 unspecified atom stereocenters. The van der Waals surface area contributed by atoms with E-state index in [1.54, 1.807) is 11.3 Å². The summed E-state index contributed by atoms with van der Waals surface area (Å²) in [6.07, 6.45) is 0. The molecule has 0 atom stereocenters. The zero-order valence-corrected chi connectivity index (χ0v) is 12.6. The molecule has 0 saturated heterocycles. The van der Waals surface area contributed by atoms with Crippen molar-refractivity contribution in [1.82, 2.24) is 4.98 Å². The molecule has 0 N–H and O–H groups in total. The van der Waals surface area contributed by atoms with E-state index >= 15 is 0 Å². The summed E-state index contributed by atoms with van der Waals surface area (Å²) in [5.74, 6) is 0.208. The van der Waals surface area contributed by atoms with Crippen LogP contribution in [0.5, 0.6) is 0 Å². The molecule has 19 heavy (non-hydrogen) atoms. The van der Waals surface area contributed by atoms with Crippen LogP contribution < -0.4 is 3.91 Å². The number of ketones is 1. The first-order chi connectivity index (χ1) is 9.33. The molecule has 4 heteroatoms. The molecule has 0 fully saturated rings. The summed E-state index contributed by atoms with van der Waals surface area (Å²) in [5, 5.41) is 0.580. The van der Waals surface area contributed by atoms with Gasteiger partial charge in [-0.25, -0.2) is 0 Å². The molecule has 1 heterocycles. The molecule has 1 aromatic heterocycles. The van der Waals surface area contributed by atoms with Crippen LogP contribution in [0.2, 0.25) is 5.32 Å². The van der Waals surface area contributed by atoms with Gasteiger partial charge in [-0.15, -0.1) is 0 Å². The summed E-state index contributed by atoms with van der Waals surface area (Å²) < 4.78 is 2.30. The normalized spacial score (nSPS) is 10.7. The number of benzene rings is 2. The molecule has 0 aliphatic heterocycles. The van der Waals surface area contributed by atoms with Gasteiger partial charge in [0.1, 0.15) is 0 Å². The van der Waals surface area contributed by atoms with E-state index in [0.29, 0.717) is 5.32 Å². The summed E-state index contributed by atoms with van der Waals surface area (Å²) in [6.45, 7) is 0. The van der Waals surface area contributed by atoms with Crippen molar-refractivity contribution in [2.75, 3.05) is 0 Å². The maximum atomic E-state index is 12.0. The fourth-order valence-corrected chi connectivity index (χ4v) is 4.97. The van der Waals surface area contributed by atoms with Gasteiger partial charge < -0.3 is 0 Å². The van der Waals surface area contributed by atoms with Gasteiger partial charge in [-0.3, -0.25) is 0 Å². The number of hydrogen-bond acceptors (Lipinski definition) is 3. The van der Waals surface area contributed by atoms with Gasteiger partial charge in [0.15, 0.2) is 0 Å². The summed E-state index contributed by atoms with van der Waals surface area (Å²) in [7, 11) is 0. The van der Waals surface area contributed by atoms with Crippen LogP contribution in [-0.2, 0) is 0 Å². The Hall–Kier alpha value is -1.48. The number of para-hydroxylation sites is 1. The molecular weight excluding hydrogens is 321 g/mol. The van der Waals surface area contributed by atoms with Gasteiger partial charge in [0.05, 0.1) is 0 Å². The van der Waals surface area contributed by atoms with E-state index in [4.69, 9.17) is 0 Å². The number of fused-ring (bicyclic) bond motifs is 1. The monoisotopic (exact) mass is 333 g/mol. The van der Waals surface area contributed by atoms with Crippen LogP contribution in [-0.4, -0.2) is 25.7 Å². The first kappa shape index (κ1) is 12.5. The standard InChI is InChI=1S/C15H11NOSSe/c17-13(11-6-2-1-3-7-11)10-19-15-16-12-8-4-5-9-14(12)18-15/h1-9H,10H2. The van der Waals surface area contributed by atoms with Gasteiger partial charge in [0.2, 0.25) is 0 Å². The topological polar surface area (TPSA) is 30.0 Å². The van der Waals surface area contributed by atoms with Crippen molar-refractivity contribution in [3.05, 3.63) is 60.2 Å². The summed E-state index contributed by atoms with van der Waals surface area (Å²) >= 11 is 1.82. The Morgan fingerprint density at radius 3 is 2.58 bits per heavy atom. The Balaban J connectivity index is 1.71. The fraction of sp³-hybridized carbons (Fsp3) is 0.0667. The minimum atomic E-state index is 0.122. The Morgan fingerprint density at radius 1 is 1.05 bits per heavy atom. The second kappa shape index (κ2) is 5.66. The van der Waals surface area contributed by atoms with Crippen LogP contribution in [0.4, 0.5) is 0 Å². The quantitative estimate of drug-likeness (QED) is 0.543. The first-order valence-corrected chi connectivity index (χ1v) is 8.78. The second-order valence-corrected chi connectivity index (χ2v) is 7.66. The Morgan fingerprint density at radius 2 is 1.79 bits per heavy atom. The fourth-order valence-electron chi connectivity index (χ4n) is 1.75. The number of Topliss-reactive ketones (excluding diaryl/α,β-unsaturated/α-hetero) is 1. The van der Waals surface area contributed by atoms with Crippen molar-refractivity contribution < 1.29 is 4.79 Å². The molecule has 0 spiro atoms. The van der Waals surface area contributed by atoms with E-state index in [9.17, 15) is 4.79 Å². The third-order valence-electron chi connectivity index (χ3n) is 2.70. The maximum absolute atomic E-state index is 12.0. The zero-order valence-electron chi connectivity index (χ0n) is 10.1. The van der Waals surface area contributed by atoms with Crippen molar-refractivity contribution in [2.45, 2.75) is 5.32 Å². The molecule has 0 amide bonds. The predicted molar refractivity (Wildman–Crippen MR) is 80.6 cm³/mol. The number of carbonyl (C=O) groups is 1. The predicted octanol–water partition coefficient (Wildman–Crippen LogP) is 2.93. The molecular formula is C15H11NOSSe. The third kappa shape index (κ3) is 2.92. The van der Waals surface area contributed by atoms with Crippen LogP contribution in [0.1, 0.15) is 10.4 Å². The average molecular weight is 332 g/mol. The van der Waals surface area contributed by atoms with Crippen LogP contribution in [0.3, 0.4) is 0 Å². The van der Waals surface area contributed by atoms with Crippen LogP contribution >= 0.6 is 11.3 Å². The molecule has 2 nitrogen and oxygen atoms in total. The first-order valence-electron chi connectivity index (χ1n) is 5.89. The molecule has 0 aliphatic carbocycles. The van der Waals surface area contributed by atoms with Crippen molar-refractivity contribution in [1.29, 1.82) is 0 Å². The zero-order chi connectivity index (χ0) is 13.1.